The minimum absolute atomic E-state index is 0.367. The minimum Gasteiger partial charge on any atom is -0.481 e. The van der Waals surface area contributed by atoms with Gasteiger partial charge < -0.3 is 9.84 Å². The van der Waals surface area contributed by atoms with E-state index in [1.807, 2.05) is 44.2 Å². The number of aliphatic imine (C=N–C) groups is 1. The van der Waals surface area contributed by atoms with Gasteiger partial charge in [-0.3, -0.25) is 4.99 Å². The molecule has 2 rings (SSSR count). The van der Waals surface area contributed by atoms with E-state index in [0.717, 1.165) is 22.4 Å². The van der Waals surface area contributed by atoms with Crippen molar-refractivity contribution in [3.8, 4) is 5.75 Å². The lowest BCUT2D eigenvalue weighted by atomic mass is 10.1. The number of hydrogen-bond donors (Lipinski definition) is 1. The normalized spacial score (nSPS) is 10.8. The van der Waals surface area contributed by atoms with Gasteiger partial charge in [-0.1, -0.05) is 24.3 Å². The molecule has 4 nitrogen and oxygen atoms in total. The summed E-state index contributed by atoms with van der Waals surface area (Å²) >= 11 is 0. The van der Waals surface area contributed by atoms with Crippen LogP contribution in [0, 0.1) is 13.8 Å². The molecule has 0 saturated heterocycles. The Morgan fingerprint density at radius 2 is 2.00 bits per heavy atom. The molecule has 0 unspecified atom stereocenters. The number of ether oxygens (including phenoxy) is 1. The van der Waals surface area contributed by atoms with Crippen LogP contribution >= 0.6 is 0 Å². The molecule has 0 spiro atoms. The number of carboxylic acid groups (broad SMARTS) is 1. The van der Waals surface area contributed by atoms with E-state index in [-0.39, 0.29) is 6.61 Å². The predicted octanol–water partition coefficient (Wildman–Crippen LogP) is 3.52. The summed E-state index contributed by atoms with van der Waals surface area (Å²) in [5, 5.41) is 8.68. The van der Waals surface area contributed by atoms with Crippen LogP contribution in [0.2, 0.25) is 0 Å². The van der Waals surface area contributed by atoms with Gasteiger partial charge in [0.2, 0.25) is 0 Å². The Bertz CT molecular complexity index is 677. The number of carboxylic acids is 1. The summed E-state index contributed by atoms with van der Waals surface area (Å²) < 4.78 is 5.25. The maximum absolute atomic E-state index is 10.6. The number of rotatable bonds is 5. The fraction of sp³-hybridized carbons (Fsp3) is 0.176. The van der Waals surface area contributed by atoms with E-state index < -0.39 is 5.97 Å². The van der Waals surface area contributed by atoms with Crippen LogP contribution in [-0.2, 0) is 4.79 Å². The van der Waals surface area contributed by atoms with Gasteiger partial charge in [-0.05, 0) is 43.2 Å². The minimum atomic E-state index is -1.00. The van der Waals surface area contributed by atoms with Crippen molar-refractivity contribution in [3.05, 3.63) is 59.2 Å². The topological polar surface area (TPSA) is 58.9 Å². The summed E-state index contributed by atoms with van der Waals surface area (Å²) in [5.41, 5.74) is 3.87. The first kappa shape index (κ1) is 14.8. The van der Waals surface area contributed by atoms with Gasteiger partial charge in [-0.2, -0.15) is 0 Å². The van der Waals surface area contributed by atoms with E-state index in [9.17, 15) is 4.79 Å². The van der Waals surface area contributed by atoms with Crippen LogP contribution in [0.4, 0.5) is 5.69 Å². The first-order chi connectivity index (χ1) is 10.1. The van der Waals surface area contributed by atoms with Gasteiger partial charge in [-0.15, -0.1) is 0 Å². The monoisotopic (exact) mass is 283 g/mol. The van der Waals surface area contributed by atoms with E-state index in [2.05, 4.69) is 4.99 Å². The van der Waals surface area contributed by atoms with E-state index in [4.69, 9.17) is 9.84 Å². The Balaban J connectivity index is 2.24. The molecule has 0 heterocycles. The van der Waals surface area contributed by atoms with E-state index >= 15 is 0 Å². The highest BCUT2D eigenvalue weighted by Gasteiger charge is 2.04. The third kappa shape index (κ3) is 4.18. The van der Waals surface area contributed by atoms with Crippen LogP contribution in [-0.4, -0.2) is 23.9 Å². The van der Waals surface area contributed by atoms with Crippen molar-refractivity contribution in [1.29, 1.82) is 0 Å². The summed E-state index contributed by atoms with van der Waals surface area (Å²) in [4.78, 5) is 15.1. The lowest BCUT2D eigenvalue weighted by Gasteiger charge is -2.06. The fourth-order valence-electron chi connectivity index (χ4n) is 1.86. The van der Waals surface area contributed by atoms with Crippen molar-refractivity contribution in [1.82, 2.24) is 0 Å². The number of aryl methyl sites for hydroxylation is 2. The van der Waals surface area contributed by atoms with Gasteiger partial charge in [0.1, 0.15) is 5.75 Å². The van der Waals surface area contributed by atoms with Crippen molar-refractivity contribution in [3.63, 3.8) is 0 Å². The second kappa shape index (κ2) is 6.70. The van der Waals surface area contributed by atoms with Gasteiger partial charge >= 0.3 is 5.97 Å². The summed E-state index contributed by atoms with van der Waals surface area (Å²) in [5.74, 6) is -0.495. The number of benzene rings is 2. The van der Waals surface area contributed by atoms with Crippen molar-refractivity contribution in [2.24, 2.45) is 4.99 Å². The maximum atomic E-state index is 10.6. The summed E-state index contributed by atoms with van der Waals surface area (Å²) in [6.45, 7) is 3.65. The highest BCUT2D eigenvalue weighted by Crippen LogP contribution is 2.21. The Morgan fingerprint density at radius 3 is 2.76 bits per heavy atom. The van der Waals surface area contributed by atoms with Crippen LogP contribution in [0.25, 0.3) is 0 Å². The number of para-hydroxylation sites is 1. The van der Waals surface area contributed by atoms with Gasteiger partial charge in [0, 0.05) is 11.8 Å². The molecule has 0 aliphatic heterocycles. The predicted molar refractivity (Wildman–Crippen MR) is 82.7 cm³/mol. The van der Waals surface area contributed by atoms with Crippen LogP contribution in [0.5, 0.6) is 5.75 Å². The van der Waals surface area contributed by atoms with Crippen LogP contribution < -0.4 is 4.74 Å². The zero-order valence-electron chi connectivity index (χ0n) is 12.0. The third-order valence-electron chi connectivity index (χ3n) is 2.98. The molecule has 0 atom stereocenters. The average Bonchev–Trinajstić information content (AvgIpc) is 2.47. The van der Waals surface area contributed by atoms with Gasteiger partial charge in [0.15, 0.2) is 6.61 Å². The van der Waals surface area contributed by atoms with Crippen molar-refractivity contribution < 1.29 is 14.6 Å². The molecule has 2 aromatic rings. The molecule has 1 N–H and O–H groups in total. The molecule has 0 aliphatic rings. The lowest BCUT2D eigenvalue weighted by Crippen LogP contribution is -2.10. The lowest BCUT2D eigenvalue weighted by molar-refractivity contribution is -0.139. The van der Waals surface area contributed by atoms with Gasteiger partial charge in [0.05, 0.1) is 5.69 Å². The molecule has 21 heavy (non-hydrogen) atoms. The zero-order chi connectivity index (χ0) is 15.2. The molecule has 4 heteroatoms. The van der Waals surface area contributed by atoms with Gasteiger partial charge in [-0.25, -0.2) is 4.79 Å². The standard InChI is InChI=1S/C17H17NO3/c1-12-7-8-13(2)15(9-12)18-10-14-5-3-4-6-16(14)21-11-17(19)20/h3-10H,11H2,1-2H3,(H,19,20). The van der Waals surface area contributed by atoms with Crippen molar-refractivity contribution in [2.75, 3.05) is 6.61 Å². The second-order valence-electron chi connectivity index (χ2n) is 4.77. The average molecular weight is 283 g/mol. The molecule has 0 aliphatic carbocycles. The first-order valence-electron chi connectivity index (χ1n) is 6.61. The molecule has 0 amide bonds. The molecule has 0 radical (unpaired) electrons. The fourth-order valence-corrected chi connectivity index (χ4v) is 1.86. The SMILES string of the molecule is Cc1ccc(C)c(N=Cc2ccccc2OCC(=O)O)c1. The molecule has 108 valence electrons. The van der Waals surface area contributed by atoms with Crippen LogP contribution in [0.1, 0.15) is 16.7 Å². The molecule has 0 fully saturated rings. The molecule has 0 saturated carbocycles. The Hall–Kier alpha value is -2.62. The Labute approximate surface area is 123 Å². The first-order valence-corrected chi connectivity index (χ1v) is 6.61. The molecular formula is C17H17NO3. The number of hydrogen-bond acceptors (Lipinski definition) is 3. The second-order valence-corrected chi connectivity index (χ2v) is 4.77. The molecular weight excluding hydrogens is 266 g/mol. The third-order valence-corrected chi connectivity index (χ3v) is 2.98. The van der Waals surface area contributed by atoms with E-state index in [1.54, 1.807) is 18.3 Å². The van der Waals surface area contributed by atoms with Gasteiger partial charge in [0.25, 0.3) is 0 Å². The molecule has 2 aromatic carbocycles. The molecule has 0 bridgehead atoms. The smallest absolute Gasteiger partial charge is 0.341 e. The zero-order valence-corrected chi connectivity index (χ0v) is 12.0. The summed E-state index contributed by atoms with van der Waals surface area (Å²) in [6, 6.07) is 13.3. The van der Waals surface area contributed by atoms with Crippen molar-refractivity contribution >= 4 is 17.9 Å². The van der Waals surface area contributed by atoms with E-state index in [1.165, 1.54) is 0 Å². The summed E-state index contributed by atoms with van der Waals surface area (Å²) in [6.07, 6.45) is 1.69. The highest BCUT2D eigenvalue weighted by atomic mass is 16.5. The maximum Gasteiger partial charge on any atom is 0.341 e. The Kier molecular flexibility index (Phi) is 4.72. The van der Waals surface area contributed by atoms with E-state index in [0.29, 0.717) is 5.75 Å². The van der Waals surface area contributed by atoms with Crippen molar-refractivity contribution in [2.45, 2.75) is 13.8 Å². The summed E-state index contributed by atoms with van der Waals surface area (Å²) in [7, 11) is 0. The molecule has 0 aromatic heterocycles. The number of aliphatic carboxylic acids is 1. The van der Waals surface area contributed by atoms with Crippen LogP contribution in [0.15, 0.2) is 47.5 Å². The number of carbonyl (C=O) groups is 1. The largest absolute Gasteiger partial charge is 0.481 e. The highest BCUT2D eigenvalue weighted by molar-refractivity contribution is 5.86. The van der Waals surface area contributed by atoms with Crippen LogP contribution in [0.3, 0.4) is 0 Å². The quantitative estimate of drug-likeness (QED) is 0.854. The number of nitrogens with zero attached hydrogens (tertiary/aromatic N) is 1. The Morgan fingerprint density at radius 1 is 1.24 bits per heavy atom.